The smallest absolute Gasteiger partial charge is 0.301 e. The summed E-state index contributed by atoms with van der Waals surface area (Å²) in [5, 5.41) is 20.1. The van der Waals surface area contributed by atoms with Crippen LogP contribution in [0.15, 0.2) is 89.3 Å². The fourth-order valence-electron chi connectivity index (χ4n) is 4.73. The Labute approximate surface area is 254 Å². The van der Waals surface area contributed by atoms with Gasteiger partial charge in [-0.25, -0.2) is 4.39 Å². The monoisotopic (exact) mass is 617 g/mol. The van der Waals surface area contributed by atoms with E-state index in [9.17, 15) is 19.1 Å². The number of aromatic nitrogens is 2. The largest absolute Gasteiger partial charge is 0.507 e. The number of nitrogens with zero attached hydrogens (tertiary/aromatic N) is 3. The Hall–Kier alpha value is -4.68. The van der Waals surface area contributed by atoms with Crippen LogP contribution in [0.25, 0.3) is 5.76 Å². The predicted octanol–water partition coefficient (Wildman–Crippen LogP) is 5.93. The number of ether oxygens (including phenoxy) is 3. The minimum atomic E-state index is -1.04. The third kappa shape index (κ3) is 5.71. The average Bonchev–Trinajstić information content (AvgIpc) is 3.60. The summed E-state index contributed by atoms with van der Waals surface area (Å²) in [5.74, 6) is -0.740. The molecule has 1 saturated heterocycles. The second-order valence-corrected chi connectivity index (χ2v) is 11.6. The number of Topliss-reactive ketones (excluding diaryl/α,β-unsaturated/α-hetero) is 1. The van der Waals surface area contributed by atoms with Gasteiger partial charge in [0.15, 0.2) is 15.8 Å². The lowest BCUT2D eigenvalue weighted by molar-refractivity contribution is -0.132. The van der Waals surface area contributed by atoms with Crippen LogP contribution in [0.4, 0.5) is 9.52 Å². The third-order valence-corrected chi connectivity index (χ3v) is 8.82. The van der Waals surface area contributed by atoms with Crippen LogP contribution in [0.2, 0.25) is 0 Å². The highest BCUT2D eigenvalue weighted by atomic mass is 32.2. The van der Waals surface area contributed by atoms with Crippen molar-refractivity contribution in [2.45, 2.75) is 16.1 Å². The number of amides is 1. The molecule has 1 amide bonds. The van der Waals surface area contributed by atoms with Crippen LogP contribution in [0.3, 0.4) is 0 Å². The number of fused-ring (bicyclic) bond motifs is 1. The number of rotatable bonds is 9. The van der Waals surface area contributed by atoms with Gasteiger partial charge in [0, 0.05) is 11.3 Å². The molecule has 0 aliphatic carbocycles. The Morgan fingerprint density at radius 3 is 2.72 bits per heavy atom. The molecule has 4 aromatic rings. The zero-order chi connectivity index (χ0) is 29.9. The molecule has 1 N–H and O–H groups in total. The molecule has 43 heavy (non-hydrogen) atoms. The van der Waals surface area contributed by atoms with E-state index in [1.807, 2.05) is 0 Å². The quantitative estimate of drug-likeness (QED) is 0.0610. The van der Waals surface area contributed by atoms with Gasteiger partial charge in [0.2, 0.25) is 5.13 Å². The summed E-state index contributed by atoms with van der Waals surface area (Å²) in [6.07, 6.45) is 1.60. The van der Waals surface area contributed by atoms with Crippen molar-refractivity contribution in [3.63, 3.8) is 0 Å². The van der Waals surface area contributed by atoms with Crippen molar-refractivity contribution in [3.05, 3.63) is 107 Å². The topological polar surface area (TPSA) is 111 Å². The van der Waals surface area contributed by atoms with Gasteiger partial charge in [-0.3, -0.25) is 14.5 Å². The van der Waals surface area contributed by atoms with Gasteiger partial charge in [0.25, 0.3) is 5.78 Å². The molecular weight excluding hydrogens is 593 g/mol. The molecule has 0 spiro atoms. The second kappa shape index (κ2) is 12.3. The maximum atomic E-state index is 14.1. The number of hydrogen-bond donors (Lipinski definition) is 1. The van der Waals surface area contributed by atoms with Gasteiger partial charge in [-0.15, -0.1) is 10.2 Å². The minimum Gasteiger partial charge on any atom is -0.507 e. The van der Waals surface area contributed by atoms with Gasteiger partial charge < -0.3 is 19.3 Å². The number of ketones is 1. The first-order valence-electron chi connectivity index (χ1n) is 13.2. The van der Waals surface area contributed by atoms with Crippen molar-refractivity contribution in [2.24, 2.45) is 0 Å². The first-order valence-corrected chi connectivity index (χ1v) is 15.0. The highest BCUT2D eigenvalue weighted by Crippen LogP contribution is 2.45. The molecule has 1 atom stereocenters. The molecule has 3 aromatic carbocycles. The molecule has 0 radical (unpaired) electrons. The first kappa shape index (κ1) is 28.4. The lowest BCUT2D eigenvalue weighted by atomic mass is 9.95. The number of anilines is 1. The van der Waals surface area contributed by atoms with Crippen LogP contribution >= 0.6 is 23.1 Å². The molecule has 2 aliphatic heterocycles. The second-order valence-electron chi connectivity index (χ2n) is 9.43. The summed E-state index contributed by atoms with van der Waals surface area (Å²) in [4.78, 5) is 28.4. The lowest BCUT2D eigenvalue weighted by Gasteiger charge is -2.23. The average molecular weight is 618 g/mol. The van der Waals surface area contributed by atoms with E-state index in [0.717, 1.165) is 11.3 Å². The van der Waals surface area contributed by atoms with E-state index in [0.29, 0.717) is 51.7 Å². The molecule has 6 rings (SSSR count). The van der Waals surface area contributed by atoms with E-state index in [2.05, 4.69) is 16.8 Å². The van der Waals surface area contributed by atoms with Crippen molar-refractivity contribution >= 4 is 45.7 Å². The Morgan fingerprint density at radius 2 is 1.91 bits per heavy atom. The van der Waals surface area contributed by atoms with Gasteiger partial charge in [-0.1, -0.05) is 66.1 Å². The van der Waals surface area contributed by atoms with E-state index in [1.165, 1.54) is 22.7 Å². The first-order chi connectivity index (χ1) is 20.9. The summed E-state index contributed by atoms with van der Waals surface area (Å²) in [7, 11) is 0. The summed E-state index contributed by atoms with van der Waals surface area (Å²) in [5.41, 5.74) is 1.17. The minimum absolute atomic E-state index is 0.127. The van der Waals surface area contributed by atoms with Crippen molar-refractivity contribution in [2.75, 3.05) is 24.7 Å². The van der Waals surface area contributed by atoms with Gasteiger partial charge in [-0.05, 0) is 47.5 Å². The fraction of sp³-hybridized carbons (Fsp3) is 0.161. The maximum Gasteiger partial charge on any atom is 0.301 e. The Morgan fingerprint density at radius 1 is 1.09 bits per heavy atom. The molecule has 2 aliphatic rings. The number of halogens is 1. The fourth-order valence-corrected chi connectivity index (χ4v) is 6.59. The molecular formula is C31H24FN3O6S2. The van der Waals surface area contributed by atoms with Crippen LogP contribution in [0.5, 0.6) is 17.2 Å². The van der Waals surface area contributed by atoms with Crippen LogP contribution < -0.4 is 19.1 Å². The number of aliphatic hydroxyl groups excluding tert-OH is 1. The van der Waals surface area contributed by atoms with E-state index in [-0.39, 0.29) is 34.5 Å². The standard InChI is InChI=1S/C31H24FN3O6S2/c1-2-12-39-21-8-5-7-18(15-21)26-25(27(36)19-10-11-23-24(16-19)41-14-13-40-23)28(37)29(38)35(26)30-33-34-31(43-30)42-17-20-6-3-4-9-22(20)32/h2-11,15-16,26,36H,1,12-14,17H2/t26-/m0/s1. The Bertz CT molecular complexity index is 1760. The van der Waals surface area contributed by atoms with Gasteiger partial charge in [0.1, 0.15) is 37.1 Å². The Balaban J connectivity index is 1.40. The van der Waals surface area contributed by atoms with E-state index in [1.54, 1.807) is 66.7 Å². The third-order valence-electron chi connectivity index (χ3n) is 6.71. The van der Waals surface area contributed by atoms with Crippen molar-refractivity contribution < 1.29 is 33.3 Å². The zero-order valence-corrected chi connectivity index (χ0v) is 24.2. The SMILES string of the molecule is C=CCOc1cccc([C@H]2C(=C(O)c3ccc4c(c3)OCCO4)C(=O)C(=O)N2c2nnc(SCc3ccccc3F)s2)c1. The van der Waals surface area contributed by atoms with Crippen LogP contribution in [-0.2, 0) is 15.3 Å². The van der Waals surface area contributed by atoms with Gasteiger partial charge in [0.05, 0.1) is 11.6 Å². The summed E-state index contributed by atoms with van der Waals surface area (Å²) < 4.78 is 31.6. The van der Waals surface area contributed by atoms with Crippen molar-refractivity contribution in [1.29, 1.82) is 0 Å². The summed E-state index contributed by atoms with van der Waals surface area (Å²) in [6, 6.07) is 17.1. The Kier molecular flexibility index (Phi) is 8.12. The maximum absolute atomic E-state index is 14.1. The molecule has 3 heterocycles. The number of carbonyl (C=O) groups is 2. The molecule has 9 nitrogen and oxygen atoms in total. The van der Waals surface area contributed by atoms with Gasteiger partial charge >= 0.3 is 5.91 Å². The highest BCUT2D eigenvalue weighted by Gasteiger charge is 2.48. The van der Waals surface area contributed by atoms with Crippen molar-refractivity contribution in [3.8, 4) is 17.2 Å². The number of hydrogen-bond acceptors (Lipinski definition) is 10. The molecule has 12 heteroatoms. The van der Waals surface area contributed by atoms with Crippen LogP contribution in [-0.4, -0.2) is 46.8 Å². The number of aliphatic hydroxyl groups is 1. The zero-order valence-electron chi connectivity index (χ0n) is 22.6. The van der Waals surface area contributed by atoms with Crippen LogP contribution in [0, 0.1) is 5.82 Å². The van der Waals surface area contributed by atoms with E-state index >= 15 is 0 Å². The molecule has 0 bridgehead atoms. The molecule has 218 valence electrons. The molecule has 0 saturated carbocycles. The van der Waals surface area contributed by atoms with E-state index < -0.39 is 17.7 Å². The molecule has 1 aromatic heterocycles. The highest BCUT2D eigenvalue weighted by molar-refractivity contribution is 8.00. The summed E-state index contributed by atoms with van der Waals surface area (Å²) >= 11 is 2.35. The van der Waals surface area contributed by atoms with Crippen molar-refractivity contribution in [1.82, 2.24) is 10.2 Å². The number of thioether (sulfide) groups is 1. The lowest BCUT2D eigenvalue weighted by Crippen LogP contribution is -2.29. The molecule has 1 fully saturated rings. The van der Waals surface area contributed by atoms with Crippen LogP contribution in [0.1, 0.15) is 22.7 Å². The van der Waals surface area contributed by atoms with E-state index in [4.69, 9.17) is 14.2 Å². The molecule has 0 unspecified atom stereocenters. The van der Waals surface area contributed by atoms with Gasteiger partial charge in [-0.2, -0.15) is 0 Å². The predicted molar refractivity (Wildman–Crippen MR) is 160 cm³/mol. The number of carbonyl (C=O) groups excluding carboxylic acids is 2. The normalized spacial score (nSPS) is 17.2. The number of benzene rings is 3. The summed E-state index contributed by atoms with van der Waals surface area (Å²) in [6.45, 7) is 4.66.